The second kappa shape index (κ2) is 53.7. The number of carbonyl (C=O) groups excluding carboxylic acids is 3. The van der Waals surface area contributed by atoms with Gasteiger partial charge in [0.2, 0.25) is 0 Å². The zero-order valence-corrected chi connectivity index (χ0v) is 43.0. The molecule has 0 heterocycles. The quantitative estimate of drug-likeness (QED) is 0.0262. The molecule has 0 fully saturated rings. The molecule has 0 rings (SSSR count). The maximum atomic E-state index is 12.8. The molecule has 6 nitrogen and oxygen atoms in total. The summed E-state index contributed by atoms with van der Waals surface area (Å²) in [4.78, 5) is 38.1. The van der Waals surface area contributed by atoms with E-state index < -0.39 is 6.10 Å². The fourth-order valence-corrected chi connectivity index (χ4v) is 7.84. The third kappa shape index (κ3) is 51.9. The highest BCUT2D eigenvalue weighted by Crippen LogP contribution is 2.16. The van der Waals surface area contributed by atoms with Crippen molar-refractivity contribution in [2.24, 2.45) is 0 Å². The van der Waals surface area contributed by atoms with Crippen molar-refractivity contribution in [3.8, 4) is 0 Å². The van der Waals surface area contributed by atoms with Crippen LogP contribution in [-0.2, 0) is 28.6 Å². The molecule has 0 aliphatic heterocycles. The minimum Gasteiger partial charge on any atom is -0.462 e. The Kier molecular flexibility index (Phi) is 51.3. The normalized spacial score (nSPS) is 12.5. The molecule has 0 aromatic carbocycles. The number of allylic oxidation sites excluding steroid dienone is 10. The highest BCUT2D eigenvalue weighted by molar-refractivity contribution is 5.71. The zero-order valence-electron chi connectivity index (χ0n) is 43.0. The second-order valence-electron chi connectivity index (χ2n) is 18.5. The van der Waals surface area contributed by atoms with E-state index in [0.717, 1.165) is 103 Å². The van der Waals surface area contributed by atoms with Crippen molar-refractivity contribution < 1.29 is 28.6 Å². The van der Waals surface area contributed by atoms with Crippen molar-refractivity contribution >= 4 is 17.9 Å². The molecule has 65 heavy (non-hydrogen) atoms. The zero-order chi connectivity index (χ0) is 47.2. The Morgan fingerprint density at radius 2 is 0.600 bits per heavy atom. The van der Waals surface area contributed by atoms with Crippen molar-refractivity contribution in [2.75, 3.05) is 13.2 Å². The van der Waals surface area contributed by atoms with Gasteiger partial charge in [-0.3, -0.25) is 14.4 Å². The Labute approximate surface area is 402 Å². The maximum absolute atomic E-state index is 12.8. The van der Waals surface area contributed by atoms with Crippen LogP contribution in [0.3, 0.4) is 0 Å². The van der Waals surface area contributed by atoms with Gasteiger partial charge in [-0.25, -0.2) is 0 Å². The largest absolute Gasteiger partial charge is 0.462 e. The van der Waals surface area contributed by atoms with Crippen molar-refractivity contribution in [1.82, 2.24) is 0 Å². The standard InChI is InChI=1S/C59H104O6/c1-4-7-10-13-16-19-22-25-28-30-32-34-37-40-43-46-49-52-58(61)64-55-56(54-63-57(60)51-48-45-42-39-36-33-27-24-21-18-15-12-9-6-3)65-59(62)53-50-47-44-41-38-35-31-29-26-23-20-17-14-11-8-5-2/h9,12,16,18-19,21,25,27-28,33,56H,4-8,10-11,13-15,17,20,22-24,26,29-32,34-55H2,1-3H3/b12-9-,19-16-,21-18-,28-25-,33-27-. The van der Waals surface area contributed by atoms with E-state index in [1.165, 1.54) is 135 Å². The summed E-state index contributed by atoms with van der Waals surface area (Å²) in [6.45, 7) is 6.50. The Bertz CT molecular complexity index is 1180. The van der Waals surface area contributed by atoms with Gasteiger partial charge in [-0.1, -0.05) is 236 Å². The minimum absolute atomic E-state index is 0.0836. The first-order valence-corrected chi connectivity index (χ1v) is 27.8. The topological polar surface area (TPSA) is 78.9 Å². The van der Waals surface area contributed by atoms with Gasteiger partial charge < -0.3 is 14.2 Å². The van der Waals surface area contributed by atoms with Crippen LogP contribution < -0.4 is 0 Å². The first kappa shape index (κ1) is 62.1. The molecular weight excluding hydrogens is 805 g/mol. The van der Waals surface area contributed by atoms with Crippen LogP contribution in [0.2, 0.25) is 0 Å². The Morgan fingerprint density at radius 1 is 0.323 bits per heavy atom. The molecule has 0 aromatic rings. The van der Waals surface area contributed by atoms with Crippen LogP contribution in [0.15, 0.2) is 60.8 Å². The van der Waals surface area contributed by atoms with Crippen LogP contribution >= 0.6 is 0 Å². The van der Waals surface area contributed by atoms with Crippen LogP contribution in [0.1, 0.15) is 278 Å². The summed E-state index contributed by atoms with van der Waals surface area (Å²) in [5, 5.41) is 0. The minimum atomic E-state index is -0.784. The highest BCUT2D eigenvalue weighted by atomic mass is 16.6. The third-order valence-corrected chi connectivity index (χ3v) is 12.0. The lowest BCUT2D eigenvalue weighted by molar-refractivity contribution is -0.167. The van der Waals surface area contributed by atoms with Gasteiger partial charge in [0, 0.05) is 19.3 Å². The van der Waals surface area contributed by atoms with Gasteiger partial charge in [-0.2, -0.15) is 0 Å². The number of rotatable bonds is 50. The predicted molar refractivity (Wildman–Crippen MR) is 279 cm³/mol. The second-order valence-corrected chi connectivity index (χ2v) is 18.5. The maximum Gasteiger partial charge on any atom is 0.306 e. The SMILES string of the molecule is CC/C=C\C/C=C\C/C=C\CCCCCCC(=O)OCC(COC(=O)CCCCCCCCC/C=C\C/C=C\CCCCC)OC(=O)CCCCCCCCCCCCCCCCCC. The van der Waals surface area contributed by atoms with Gasteiger partial charge in [0.1, 0.15) is 13.2 Å². The summed E-state index contributed by atoms with van der Waals surface area (Å²) >= 11 is 0. The Hall–Kier alpha value is -2.89. The molecule has 0 saturated heterocycles. The van der Waals surface area contributed by atoms with Crippen molar-refractivity contribution in [3.63, 3.8) is 0 Å². The van der Waals surface area contributed by atoms with E-state index in [1.54, 1.807) is 0 Å². The van der Waals surface area contributed by atoms with Gasteiger partial charge in [0.05, 0.1) is 0 Å². The van der Waals surface area contributed by atoms with E-state index in [1.807, 2.05) is 0 Å². The summed E-state index contributed by atoms with van der Waals surface area (Å²) in [5.74, 6) is -0.903. The monoisotopic (exact) mass is 909 g/mol. The number of unbranched alkanes of at least 4 members (excludes halogenated alkanes) is 29. The van der Waals surface area contributed by atoms with E-state index >= 15 is 0 Å². The van der Waals surface area contributed by atoms with Crippen LogP contribution in [0, 0.1) is 0 Å². The molecule has 0 spiro atoms. The molecule has 0 amide bonds. The van der Waals surface area contributed by atoms with Gasteiger partial charge in [0.15, 0.2) is 6.10 Å². The Morgan fingerprint density at radius 3 is 0.969 bits per heavy atom. The summed E-state index contributed by atoms with van der Waals surface area (Å²) in [5.41, 5.74) is 0. The van der Waals surface area contributed by atoms with E-state index in [0.29, 0.717) is 19.3 Å². The summed E-state index contributed by atoms with van der Waals surface area (Å²) in [6.07, 6.45) is 66.3. The molecule has 1 atom stereocenters. The molecule has 6 heteroatoms. The summed E-state index contributed by atoms with van der Waals surface area (Å²) < 4.78 is 16.8. The number of hydrogen-bond acceptors (Lipinski definition) is 6. The van der Waals surface area contributed by atoms with Crippen molar-refractivity contribution in [1.29, 1.82) is 0 Å². The molecule has 0 radical (unpaired) electrons. The fraction of sp³-hybridized carbons (Fsp3) is 0.780. The van der Waals surface area contributed by atoms with E-state index in [-0.39, 0.29) is 31.1 Å². The fourth-order valence-electron chi connectivity index (χ4n) is 7.84. The summed E-state index contributed by atoms with van der Waals surface area (Å²) in [6, 6.07) is 0. The van der Waals surface area contributed by atoms with Gasteiger partial charge >= 0.3 is 17.9 Å². The first-order valence-electron chi connectivity index (χ1n) is 27.8. The molecular formula is C59H104O6. The molecule has 0 bridgehead atoms. The lowest BCUT2D eigenvalue weighted by Gasteiger charge is -2.18. The van der Waals surface area contributed by atoms with E-state index in [4.69, 9.17) is 14.2 Å². The van der Waals surface area contributed by atoms with Crippen molar-refractivity contribution in [3.05, 3.63) is 60.8 Å². The van der Waals surface area contributed by atoms with Gasteiger partial charge in [-0.05, 0) is 83.5 Å². The number of ether oxygens (including phenoxy) is 3. The average molecular weight is 909 g/mol. The molecule has 1 unspecified atom stereocenters. The molecule has 0 aliphatic rings. The molecule has 376 valence electrons. The number of carbonyl (C=O) groups is 3. The van der Waals surface area contributed by atoms with Crippen LogP contribution in [0.4, 0.5) is 0 Å². The smallest absolute Gasteiger partial charge is 0.306 e. The van der Waals surface area contributed by atoms with Crippen LogP contribution in [0.5, 0.6) is 0 Å². The molecule has 0 aromatic heterocycles. The van der Waals surface area contributed by atoms with E-state index in [2.05, 4.69) is 81.5 Å². The lowest BCUT2D eigenvalue weighted by atomic mass is 10.0. The number of hydrogen-bond donors (Lipinski definition) is 0. The Balaban J connectivity index is 4.39. The van der Waals surface area contributed by atoms with Gasteiger partial charge in [0.25, 0.3) is 0 Å². The predicted octanol–water partition coefficient (Wildman–Crippen LogP) is 18.4. The van der Waals surface area contributed by atoms with Crippen molar-refractivity contribution in [2.45, 2.75) is 284 Å². The average Bonchev–Trinajstić information content (AvgIpc) is 3.30. The van der Waals surface area contributed by atoms with Crippen LogP contribution in [0.25, 0.3) is 0 Å². The molecule has 0 aliphatic carbocycles. The summed E-state index contributed by atoms with van der Waals surface area (Å²) in [7, 11) is 0. The first-order chi connectivity index (χ1) is 32.0. The van der Waals surface area contributed by atoms with Gasteiger partial charge in [-0.15, -0.1) is 0 Å². The molecule has 0 N–H and O–H groups in total. The van der Waals surface area contributed by atoms with E-state index in [9.17, 15) is 14.4 Å². The lowest BCUT2D eigenvalue weighted by Crippen LogP contribution is -2.30. The third-order valence-electron chi connectivity index (χ3n) is 12.0. The molecule has 0 saturated carbocycles. The number of esters is 3. The highest BCUT2D eigenvalue weighted by Gasteiger charge is 2.19. The van der Waals surface area contributed by atoms with Crippen LogP contribution in [-0.4, -0.2) is 37.2 Å².